The van der Waals surface area contributed by atoms with E-state index in [1.165, 1.54) is 0 Å². The Hall–Kier alpha value is -0.750. The van der Waals surface area contributed by atoms with Crippen LogP contribution < -0.4 is 0 Å². The van der Waals surface area contributed by atoms with Crippen molar-refractivity contribution in [2.45, 2.75) is 18.9 Å². The van der Waals surface area contributed by atoms with Crippen molar-refractivity contribution in [3.8, 4) is 0 Å². The number of aliphatic hydroxyl groups excluding tert-OH is 1. The van der Waals surface area contributed by atoms with Gasteiger partial charge in [0.05, 0.1) is 17.6 Å². The smallest absolute Gasteiger partial charge is 0.313 e. The van der Waals surface area contributed by atoms with E-state index in [9.17, 15) is 14.7 Å². The van der Waals surface area contributed by atoms with Crippen LogP contribution in [0.2, 0.25) is 0 Å². The highest BCUT2D eigenvalue weighted by Gasteiger charge is 2.20. The second kappa shape index (κ2) is 5.97. The topological polar surface area (TPSA) is 77.8 Å². The summed E-state index contributed by atoms with van der Waals surface area (Å²) in [7, 11) is 0. The quantitative estimate of drug-likeness (QED) is 0.702. The van der Waals surface area contributed by atoms with Gasteiger partial charge in [0.25, 0.3) is 0 Å². The van der Waals surface area contributed by atoms with Crippen LogP contribution in [0.25, 0.3) is 0 Å². The first-order valence-electron chi connectivity index (χ1n) is 4.85. The molecule has 0 atom stereocenters. The van der Waals surface area contributed by atoms with Gasteiger partial charge in [-0.05, 0) is 12.8 Å². The molecule has 1 fully saturated rings. The number of hydrogen-bond acceptors (Lipinski definition) is 4. The molecule has 0 radical (unpaired) electrons. The lowest BCUT2D eigenvalue weighted by molar-refractivity contribution is -0.133. The van der Waals surface area contributed by atoms with Crippen molar-refractivity contribution >= 4 is 23.6 Å². The molecule has 1 amide bonds. The Labute approximate surface area is 92.4 Å². The first-order valence-corrected chi connectivity index (χ1v) is 6.00. The molecule has 0 saturated carbocycles. The number of carbonyl (C=O) groups is 2. The number of carboxylic acid groups (broad SMARTS) is 1. The number of hydrogen-bond donors (Lipinski definition) is 2. The van der Waals surface area contributed by atoms with Gasteiger partial charge >= 0.3 is 5.97 Å². The van der Waals surface area contributed by atoms with Crippen molar-refractivity contribution in [2.75, 3.05) is 24.6 Å². The summed E-state index contributed by atoms with van der Waals surface area (Å²) < 4.78 is 0. The maximum absolute atomic E-state index is 11.5. The molecular formula is C9H15NO4S. The monoisotopic (exact) mass is 233 g/mol. The Morgan fingerprint density at radius 3 is 2.40 bits per heavy atom. The molecule has 0 aromatic carbocycles. The molecule has 0 unspecified atom stereocenters. The third-order valence-corrected chi connectivity index (χ3v) is 3.17. The van der Waals surface area contributed by atoms with Crippen LogP contribution in [0.3, 0.4) is 0 Å². The second-order valence-electron chi connectivity index (χ2n) is 3.50. The average Bonchev–Trinajstić information content (AvgIpc) is 2.18. The van der Waals surface area contributed by atoms with Crippen molar-refractivity contribution in [1.82, 2.24) is 4.90 Å². The van der Waals surface area contributed by atoms with Crippen LogP contribution in [0, 0.1) is 0 Å². The molecule has 1 rings (SSSR count). The summed E-state index contributed by atoms with van der Waals surface area (Å²) >= 11 is 1.11. The number of nitrogens with zero attached hydrogens (tertiary/aromatic N) is 1. The van der Waals surface area contributed by atoms with Crippen LogP contribution in [0.15, 0.2) is 0 Å². The van der Waals surface area contributed by atoms with Crippen molar-refractivity contribution in [3.05, 3.63) is 0 Å². The van der Waals surface area contributed by atoms with Crippen LogP contribution in [0.4, 0.5) is 0 Å². The minimum absolute atomic E-state index is 0.0341. The lowest BCUT2D eigenvalue weighted by Crippen LogP contribution is -2.41. The Bertz CT molecular complexity index is 238. The first kappa shape index (κ1) is 12.3. The van der Waals surface area contributed by atoms with Crippen molar-refractivity contribution in [2.24, 2.45) is 0 Å². The summed E-state index contributed by atoms with van der Waals surface area (Å²) in [6.07, 6.45) is 0.950. The van der Waals surface area contributed by atoms with Gasteiger partial charge in [-0.25, -0.2) is 0 Å². The Morgan fingerprint density at radius 1 is 1.27 bits per heavy atom. The Balaban J connectivity index is 2.19. The lowest BCUT2D eigenvalue weighted by Gasteiger charge is -2.29. The molecule has 1 saturated heterocycles. The highest BCUT2D eigenvalue weighted by molar-refractivity contribution is 8.00. The number of likely N-dealkylation sites (tertiary alicyclic amines) is 1. The Morgan fingerprint density at radius 2 is 1.87 bits per heavy atom. The van der Waals surface area contributed by atoms with Gasteiger partial charge in [0.15, 0.2) is 0 Å². The van der Waals surface area contributed by atoms with Gasteiger partial charge in [0.2, 0.25) is 5.91 Å². The van der Waals surface area contributed by atoms with Crippen LogP contribution in [0.1, 0.15) is 12.8 Å². The molecule has 0 spiro atoms. The van der Waals surface area contributed by atoms with E-state index < -0.39 is 5.97 Å². The minimum Gasteiger partial charge on any atom is -0.481 e. The molecule has 1 aliphatic rings. The van der Waals surface area contributed by atoms with Gasteiger partial charge < -0.3 is 15.1 Å². The normalized spacial score (nSPS) is 17.8. The number of amides is 1. The number of aliphatic hydroxyl groups is 1. The third kappa shape index (κ3) is 4.53. The number of rotatable bonds is 4. The lowest BCUT2D eigenvalue weighted by atomic mass is 10.1. The van der Waals surface area contributed by atoms with Crippen molar-refractivity contribution in [3.63, 3.8) is 0 Å². The predicted octanol–water partition coefficient (Wildman–Crippen LogP) is -0.213. The van der Waals surface area contributed by atoms with Gasteiger partial charge in [0, 0.05) is 13.1 Å². The molecule has 86 valence electrons. The third-order valence-electron chi connectivity index (χ3n) is 2.27. The van der Waals surface area contributed by atoms with Gasteiger partial charge in [-0.1, -0.05) is 0 Å². The summed E-state index contributed by atoms with van der Waals surface area (Å²) in [4.78, 5) is 23.4. The van der Waals surface area contributed by atoms with Gasteiger partial charge in [-0.3, -0.25) is 9.59 Å². The molecule has 0 aromatic rings. The van der Waals surface area contributed by atoms with E-state index in [0.29, 0.717) is 25.9 Å². The fourth-order valence-electron chi connectivity index (χ4n) is 1.43. The average molecular weight is 233 g/mol. The van der Waals surface area contributed by atoms with Crippen LogP contribution in [-0.2, 0) is 9.59 Å². The van der Waals surface area contributed by atoms with Crippen LogP contribution in [-0.4, -0.2) is 57.7 Å². The maximum Gasteiger partial charge on any atom is 0.313 e. The number of thioether (sulfide) groups is 1. The van der Waals surface area contributed by atoms with E-state index in [0.717, 1.165) is 11.8 Å². The zero-order valence-electron chi connectivity index (χ0n) is 8.39. The predicted molar refractivity (Wildman–Crippen MR) is 56.8 cm³/mol. The van der Waals surface area contributed by atoms with E-state index >= 15 is 0 Å². The molecule has 0 aliphatic carbocycles. The standard InChI is InChI=1S/C9H15NO4S/c11-7-1-3-10(4-2-7)8(12)5-15-6-9(13)14/h7,11H,1-6H2,(H,13,14). The van der Waals surface area contributed by atoms with Crippen LogP contribution in [0.5, 0.6) is 0 Å². The molecule has 15 heavy (non-hydrogen) atoms. The SMILES string of the molecule is O=C(O)CSCC(=O)N1CCC(O)CC1. The van der Waals surface area contributed by atoms with E-state index in [1.807, 2.05) is 0 Å². The van der Waals surface area contributed by atoms with Gasteiger partial charge in [0.1, 0.15) is 0 Å². The van der Waals surface area contributed by atoms with E-state index in [1.54, 1.807) is 4.90 Å². The molecule has 0 aromatic heterocycles. The Kier molecular flexibility index (Phi) is 4.90. The molecule has 6 heteroatoms. The summed E-state index contributed by atoms with van der Waals surface area (Å²) in [6, 6.07) is 0. The van der Waals surface area contributed by atoms with Crippen molar-refractivity contribution in [1.29, 1.82) is 0 Å². The largest absolute Gasteiger partial charge is 0.481 e. The van der Waals surface area contributed by atoms with Gasteiger partial charge in [-0.15, -0.1) is 11.8 Å². The zero-order chi connectivity index (χ0) is 11.3. The van der Waals surface area contributed by atoms with Gasteiger partial charge in [-0.2, -0.15) is 0 Å². The molecular weight excluding hydrogens is 218 g/mol. The van der Waals surface area contributed by atoms with E-state index in [4.69, 9.17) is 5.11 Å². The van der Waals surface area contributed by atoms with Crippen molar-refractivity contribution < 1.29 is 19.8 Å². The number of carboxylic acids is 1. The van der Waals surface area contributed by atoms with Crippen LogP contribution >= 0.6 is 11.8 Å². The first-order chi connectivity index (χ1) is 7.09. The summed E-state index contributed by atoms with van der Waals surface area (Å²) in [6.45, 7) is 1.15. The number of carbonyl (C=O) groups excluding carboxylic acids is 1. The minimum atomic E-state index is -0.901. The molecule has 1 aliphatic heterocycles. The molecule has 2 N–H and O–H groups in total. The highest BCUT2D eigenvalue weighted by Crippen LogP contribution is 2.11. The highest BCUT2D eigenvalue weighted by atomic mass is 32.2. The zero-order valence-corrected chi connectivity index (χ0v) is 9.20. The second-order valence-corrected chi connectivity index (χ2v) is 4.48. The fourth-order valence-corrected chi connectivity index (χ4v) is 2.07. The maximum atomic E-state index is 11.5. The van der Waals surface area contributed by atoms with E-state index in [-0.39, 0.29) is 23.5 Å². The summed E-state index contributed by atoms with van der Waals surface area (Å²) in [5.41, 5.74) is 0. The molecule has 0 bridgehead atoms. The number of aliphatic carboxylic acids is 1. The van der Waals surface area contributed by atoms with E-state index in [2.05, 4.69) is 0 Å². The summed E-state index contributed by atoms with van der Waals surface area (Å²) in [5, 5.41) is 17.6. The molecule has 5 nitrogen and oxygen atoms in total. The fraction of sp³-hybridized carbons (Fsp3) is 0.778. The summed E-state index contributed by atoms with van der Waals surface area (Å²) in [5.74, 6) is -0.764. The molecule has 1 heterocycles. The number of piperidine rings is 1.